The van der Waals surface area contributed by atoms with E-state index in [9.17, 15) is 4.79 Å². The van der Waals surface area contributed by atoms with Crippen LogP contribution >= 0.6 is 0 Å². The number of benzene rings is 1. The molecule has 3 heteroatoms. The smallest absolute Gasteiger partial charge is 0.167 e. The highest BCUT2D eigenvalue weighted by Gasteiger charge is 2.17. The van der Waals surface area contributed by atoms with Crippen molar-refractivity contribution in [2.75, 3.05) is 26.2 Å². The highest BCUT2D eigenvalue weighted by Crippen LogP contribution is 2.26. The van der Waals surface area contributed by atoms with E-state index in [2.05, 4.69) is 24.8 Å². The second-order valence-electron chi connectivity index (χ2n) is 6.07. The Balaban J connectivity index is 2.10. The average Bonchev–Trinajstić information content (AvgIpc) is 2.98. The normalized spacial score (nSPS) is 15.6. The van der Waals surface area contributed by atoms with Gasteiger partial charge in [0, 0.05) is 13.0 Å². The lowest BCUT2D eigenvalue weighted by Crippen LogP contribution is -2.22. The second-order valence-corrected chi connectivity index (χ2v) is 6.07. The van der Waals surface area contributed by atoms with E-state index in [1.807, 2.05) is 19.1 Å². The van der Waals surface area contributed by atoms with E-state index < -0.39 is 0 Å². The summed E-state index contributed by atoms with van der Waals surface area (Å²) in [5, 5.41) is 0. The van der Waals surface area contributed by atoms with Crippen molar-refractivity contribution < 1.29 is 9.53 Å². The van der Waals surface area contributed by atoms with Gasteiger partial charge in [-0.2, -0.15) is 0 Å². The second kappa shape index (κ2) is 7.60. The monoisotopic (exact) mass is 289 g/mol. The minimum absolute atomic E-state index is 0.202. The van der Waals surface area contributed by atoms with Gasteiger partial charge in [-0.3, -0.25) is 4.79 Å². The number of Topliss-reactive ketones (excluding diaryl/α,β-unsaturated/α-hetero) is 1. The molecule has 0 bridgehead atoms. The predicted octanol–water partition coefficient (Wildman–Crippen LogP) is 3.88. The van der Waals surface area contributed by atoms with Crippen molar-refractivity contribution in [3.8, 4) is 5.75 Å². The lowest BCUT2D eigenvalue weighted by atomic mass is 9.97. The Morgan fingerprint density at radius 3 is 2.62 bits per heavy atom. The van der Waals surface area contributed by atoms with Crippen molar-refractivity contribution in [1.82, 2.24) is 4.90 Å². The Labute approximate surface area is 128 Å². The molecule has 1 aliphatic rings. The van der Waals surface area contributed by atoms with Crippen molar-refractivity contribution in [3.05, 3.63) is 29.3 Å². The molecule has 0 atom stereocenters. The van der Waals surface area contributed by atoms with Crippen LogP contribution in [0.15, 0.2) is 18.2 Å². The SMILES string of the molecule is CCOc1ccc(C(C)C)cc1C(=O)CCN1CCCC1. The molecule has 1 aromatic rings. The molecule has 0 saturated carbocycles. The first-order chi connectivity index (χ1) is 10.1. The summed E-state index contributed by atoms with van der Waals surface area (Å²) in [6, 6.07) is 6.02. The summed E-state index contributed by atoms with van der Waals surface area (Å²) >= 11 is 0. The first-order valence-corrected chi connectivity index (χ1v) is 8.14. The van der Waals surface area contributed by atoms with E-state index in [-0.39, 0.29) is 5.78 Å². The van der Waals surface area contributed by atoms with Crippen molar-refractivity contribution >= 4 is 5.78 Å². The zero-order valence-electron chi connectivity index (χ0n) is 13.5. The molecular formula is C18H27NO2. The molecule has 2 rings (SSSR count). The molecule has 0 spiro atoms. The van der Waals surface area contributed by atoms with E-state index in [0.29, 0.717) is 18.9 Å². The van der Waals surface area contributed by atoms with E-state index in [4.69, 9.17) is 4.74 Å². The lowest BCUT2D eigenvalue weighted by molar-refractivity contribution is 0.0965. The molecule has 0 amide bonds. The largest absolute Gasteiger partial charge is 0.493 e. The van der Waals surface area contributed by atoms with Crippen LogP contribution in [-0.2, 0) is 0 Å². The predicted molar refractivity (Wildman–Crippen MR) is 86.3 cm³/mol. The number of carbonyl (C=O) groups excluding carboxylic acids is 1. The van der Waals surface area contributed by atoms with E-state index in [0.717, 1.165) is 30.9 Å². The third-order valence-corrected chi connectivity index (χ3v) is 4.12. The van der Waals surface area contributed by atoms with Crippen LogP contribution in [0.25, 0.3) is 0 Å². The fraction of sp³-hybridized carbons (Fsp3) is 0.611. The molecule has 1 saturated heterocycles. The van der Waals surface area contributed by atoms with Crippen molar-refractivity contribution in [2.24, 2.45) is 0 Å². The van der Waals surface area contributed by atoms with Gasteiger partial charge in [-0.05, 0) is 56.5 Å². The van der Waals surface area contributed by atoms with Crippen LogP contribution in [-0.4, -0.2) is 36.9 Å². The minimum Gasteiger partial charge on any atom is -0.493 e. The Morgan fingerprint density at radius 2 is 2.00 bits per heavy atom. The number of likely N-dealkylation sites (tertiary alicyclic amines) is 1. The number of carbonyl (C=O) groups is 1. The van der Waals surface area contributed by atoms with Gasteiger partial charge < -0.3 is 9.64 Å². The number of ketones is 1. The quantitative estimate of drug-likeness (QED) is 0.713. The molecule has 0 radical (unpaired) electrons. The summed E-state index contributed by atoms with van der Waals surface area (Å²) in [4.78, 5) is 14.9. The minimum atomic E-state index is 0.202. The Kier molecular flexibility index (Phi) is 5.80. The summed E-state index contributed by atoms with van der Waals surface area (Å²) in [5.41, 5.74) is 1.95. The van der Waals surface area contributed by atoms with Crippen LogP contribution in [0.4, 0.5) is 0 Å². The van der Waals surface area contributed by atoms with Crippen LogP contribution in [0, 0.1) is 0 Å². The first kappa shape index (κ1) is 16.0. The molecule has 1 heterocycles. The van der Waals surface area contributed by atoms with E-state index in [1.54, 1.807) is 0 Å². The lowest BCUT2D eigenvalue weighted by Gasteiger charge is -2.16. The summed E-state index contributed by atoms with van der Waals surface area (Å²) in [5.74, 6) is 1.35. The molecule has 21 heavy (non-hydrogen) atoms. The van der Waals surface area contributed by atoms with E-state index >= 15 is 0 Å². The molecular weight excluding hydrogens is 262 g/mol. The van der Waals surface area contributed by atoms with Gasteiger partial charge in [-0.25, -0.2) is 0 Å². The van der Waals surface area contributed by atoms with Crippen LogP contribution in [0.5, 0.6) is 5.75 Å². The Morgan fingerprint density at radius 1 is 1.29 bits per heavy atom. The molecule has 0 unspecified atom stereocenters. The van der Waals surface area contributed by atoms with Crippen molar-refractivity contribution in [3.63, 3.8) is 0 Å². The van der Waals surface area contributed by atoms with Crippen LogP contribution in [0.2, 0.25) is 0 Å². The van der Waals surface area contributed by atoms with Gasteiger partial charge in [0.2, 0.25) is 0 Å². The number of ether oxygens (including phenoxy) is 1. The van der Waals surface area contributed by atoms with Gasteiger partial charge in [-0.1, -0.05) is 19.9 Å². The van der Waals surface area contributed by atoms with Gasteiger partial charge in [0.15, 0.2) is 5.78 Å². The summed E-state index contributed by atoms with van der Waals surface area (Å²) in [6.45, 7) is 9.98. The van der Waals surface area contributed by atoms with Crippen molar-refractivity contribution in [1.29, 1.82) is 0 Å². The maximum Gasteiger partial charge on any atom is 0.167 e. The fourth-order valence-corrected chi connectivity index (χ4v) is 2.81. The van der Waals surface area contributed by atoms with Gasteiger partial charge in [0.05, 0.1) is 12.2 Å². The van der Waals surface area contributed by atoms with Crippen LogP contribution < -0.4 is 4.74 Å². The van der Waals surface area contributed by atoms with Gasteiger partial charge in [0.1, 0.15) is 5.75 Å². The Hall–Kier alpha value is -1.35. The zero-order valence-corrected chi connectivity index (χ0v) is 13.5. The standard InChI is InChI=1S/C18H27NO2/c1-4-21-18-8-7-15(14(2)3)13-16(18)17(20)9-12-19-10-5-6-11-19/h7-8,13-14H,4-6,9-12H2,1-3H3. The number of hydrogen-bond donors (Lipinski definition) is 0. The van der Waals surface area contributed by atoms with Gasteiger partial charge in [-0.15, -0.1) is 0 Å². The van der Waals surface area contributed by atoms with Crippen LogP contribution in [0.1, 0.15) is 61.9 Å². The third kappa shape index (κ3) is 4.31. The summed E-state index contributed by atoms with van der Waals surface area (Å²) < 4.78 is 5.63. The maximum atomic E-state index is 12.6. The third-order valence-electron chi connectivity index (χ3n) is 4.12. The summed E-state index contributed by atoms with van der Waals surface area (Å²) in [7, 11) is 0. The van der Waals surface area contributed by atoms with Crippen molar-refractivity contribution in [2.45, 2.75) is 46.0 Å². The number of hydrogen-bond acceptors (Lipinski definition) is 3. The van der Waals surface area contributed by atoms with E-state index in [1.165, 1.54) is 18.4 Å². The fourth-order valence-electron chi connectivity index (χ4n) is 2.81. The number of nitrogens with zero attached hydrogens (tertiary/aromatic N) is 1. The molecule has 1 fully saturated rings. The topological polar surface area (TPSA) is 29.5 Å². The molecule has 0 N–H and O–H groups in total. The maximum absolute atomic E-state index is 12.6. The first-order valence-electron chi connectivity index (χ1n) is 8.14. The van der Waals surface area contributed by atoms with Gasteiger partial charge >= 0.3 is 0 Å². The molecule has 1 aromatic carbocycles. The van der Waals surface area contributed by atoms with Crippen LogP contribution in [0.3, 0.4) is 0 Å². The number of rotatable bonds is 7. The zero-order chi connectivity index (χ0) is 15.2. The highest BCUT2D eigenvalue weighted by molar-refractivity contribution is 5.99. The Bertz CT molecular complexity index is 476. The van der Waals surface area contributed by atoms with Gasteiger partial charge in [0.25, 0.3) is 0 Å². The molecule has 1 aliphatic heterocycles. The highest BCUT2D eigenvalue weighted by atomic mass is 16.5. The summed E-state index contributed by atoms with van der Waals surface area (Å²) in [6.07, 6.45) is 3.12. The molecule has 0 aliphatic carbocycles. The average molecular weight is 289 g/mol. The molecule has 116 valence electrons. The molecule has 3 nitrogen and oxygen atoms in total. The molecule has 0 aromatic heterocycles.